The highest BCUT2D eigenvalue weighted by Crippen LogP contribution is 2.09. The predicted molar refractivity (Wildman–Crippen MR) is 213 cm³/mol. The molecule has 63 heavy (non-hydrogen) atoms. The summed E-state index contributed by atoms with van der Waals surface area (Å²) in [5, 5.41) is 84.3. The SMILES string of the molecule is CC(C)C[C@H](NC(=O)[C@@H](NC(=O)[C@H](CO)NC(=O)[C@H](CC(=O)O)NC(=O)[C@H](CCC(=O)O)NC(=O)[C@@H](N)CO)[C@@H](C)O)C(=O)N[C@@H](C)C(=O)N[C@@H](CO)C(=O)N[C@H](C(=O)O)C(C)C. The number of aliphatic hydroxyl groups is 4. The van der Waals surface area contributed by atoms with Crippen molar-refractivity contribution in [3.8, 4) is 0 Å². The summed E-state index contributed by atoms with van der Waals surface area (Å²) >= 11 is 0. The smallest absolute Gasteiger partial charge is 0.326 e. The molecule has 0 aromatic carbocycles. The molecule has 27 heteroatoms. The molecule has 0 rings (SSSR count). The normalized spacial score (nSPS) is 15.9. The molecule has 0 aliphatic heterocycles. The van der Waals surface area contributed by atoms with Gasteiger partial charge in [-0.15, -0.1) is 0 Å². The van der Waals surface area contributed by atoms with Crippen molar-refractivity contribution in [1.29, 1.82) is 0 Å². The lowest BCUT2D eigenvalue weighted by molar-refractivity contribution is -0.144. The van der Waals surface area contributed by atoms with E-state index in [1.807, 2.05) is 10.6 Å². The van der Waals surface area contributed by atoms with E-state index in [0.29, 0.717) is 0 Å². The monoisotopic (exact) mass is 907 g/mol. The molecule has 0 aliphatic rings. The van der Waals surface area contributed by atoms with E-state index >= 15 is 0 Å². The van der Waals surface area contributed by atoms with Gasteiger partial charge in [0.05, 0.1) is 32.3 Å². The van der Waals surface area contributed by atoms with E-state index in [4.69, 9.17) is 15.9 Å². The Morgan fingerprint density at radius 3 is 1.33 bits per heavy atom. The lowest BCUT2D eigenvalue weighted by atomic mass is 10.0. The van der Waals surface area contributed by atoms with E-state index in [2.05, 4.69) is 31.9 Å². The lowest BCUT2D eigenvalue weighted by Gasteiger charge is -2.28. The molecule has 0 unspecified atom stereocenters. The van der Waals surface area contributed by atoms with Gasteiger partial charge < -0.3 is 84.0 Å². The van der Waals surface area contributed by atoms with E-state index < -0.39 is 171 Å². The standard InChI is InChI=1S/C36H61N9O18/c1-14(2)9-20(31(57)38-16(5)28(54)42-22(12-47)33(59)44-26(15(3)4)36(62)63)41-35(61)27(17(6)49)45-34(60)23(13-48)43-32(58)21(10-25(52)53)40-30(56)19(7-8-24(50)51)39-29(55)18(37)11-46/h14-23,26-27,46-49H,7-13,37H2,1-6H3,(H,38,57)(H,39,55)(H,40,56)(H,41,61)(H,42,54)(H,43,58)(H,44,59)(H,45,60)(H,50,51)(H,52,53)(H,62,63)/t16-,17+,18-,19-,20-,21-,22-,23-,26-,27-/m0/s1. The summed E-state index contributed by atoms with van der Waals surface area (Å²) in [5.74, 6) is -14.5. The van der Waals surface area contributed by atoms with E-state index in [-0.39, 0.29) is 12.3 Å². The fraction of sp³-hybridized carbons (Fsp3) is 0.694. The van der Waals surface area contributed by atoms with Gasteiger partial charge in [0.1, 0.15) is 54.4 Å². The number of carbonyl (C=O) groups is 11. The largest absolute Gasteiger partial charge is 0.481 e. The molecule has 0 spiro atoms. The van der Waals surface area contributed by atoms with Crippen LogP contribution in [0.4, 0.5) is 0 Å². The van der Waals surface area contributed by atoms with Crippen LogP contribution >= 0.6 is 0 Å². The molecule has 0 aromatic heterocycles. The number of rotatable bonds is 29. The maximum atomic E-state index is 13.5. The average molecular weight is 908 g/mol. The number of nitrogens with one attached hydrogen (secondary N) is 8. The summed E-state index contributed by atoms with van der Waals surface area (Å²) in [6.07, 6.45) is -4.22. The fourth-order valence-electron chi connectivity index (χ4n) is 5.28. The third kappa shape index (κ3) is 20.6. The molecule has 0 aliphatic carbocycles. The van der Waals surface area contributed by atoms with Gasteiger partial charge in [-0.1, -0.05) is 27.7 Å². The summed E-state index contributed by atoms with van der Waals surface area (Å²) in [4.78, 5) is 138. The van der Waals surface area contributed by atoms with Gasteiger partial charge in [0.15, 0.2) is 0 Å². The molecule has 8 amide bonds. The van der Waals surface area contributed by atoms with Crippen LogP contribution in [0.2, 0.25) is 0 Å². The van der Waals surface area contributed by atoms with E-state index in [1.54, 1.807) is 13.8 Å². The van der Waals surface area contributed by atoms with Crippen LogP contribution in [0.1, 0.15) is 67.2 Å². The number of nitrogens with two attached hydrogens (primary N) is 1. The molecule has 17 N–H and O–H groups in total. The lowest BCUT2D eigenvalue weighted by Crippen LogP contribution is -2.62. The van der Waals surface area contributed by atoms with Crippen molar-refractivity contribution in [3.63, 3.8) is 0 Å². The first-order valence-corrected chi connectivity index (χ1v) is 19.6. The molecule has 0 saturated carbocycles. The number of carboxylic acid groups (broad SMARTS) is 3. The highest BCUT2D eigenvalue weighted by Gasteiger charge is 2.36. The quantitative estimate of drug-likeness (QED) is 0.0331. The van der Waals surface area contributed by atoms with Gasteiger partial charge in [-0.05, 0) is 38.5 Å². The minimum absolute atomic E-state index is 0.0824. The molecular weight excluding hydrogens is 846 g/mol. The molecule has 0 aromatic rings. The molecular formula is C36H61N9O18. The first-order chi connectivity index (χ1) is 29.2. The van der Waals surface area contributed by atoms with E-state index in [9.17, 15) is 78.3 Å². The highest BCUT2D eigenvalue weighted by atomic mass is 16.4. The number of aliphatic hydroxyl groups excluding tert-OH is 4. The van der Waals surface area contributed by atoms with Crippen LogP contribution in [0.5, 0.6) is 0 Å². The zero-order valence-electron chi connectivity index (χ0n) is 35.6. The molecule has 358 valence electrons. The number of carbonyl (C=O) groups excluding carboxylic acids is 8. The summed E-state index contributed by atoms with van der Waals surface area (Å²) in [6.45, 7) is 5.60. The van der Waals surface area contributed by atoms with Gasteiger partial charge in [0, 0.05) is 6.42 Å². The van der Waals surface area contributed by atoms with Gasteiger partial charge in [-0.3, -0.25) is 47.9 Å². The number of hydrogen-bond acceptors (Lipinski definition) is 16. The van der Waals surface area contributed by atoms with Crippen molar-refractivity contribution in [1.82, 2.24) is 42.5 Å². The van der Waals surface area contributed by atoms with Crippen molar-refractivity contribution in [2.24, 2.45) is 17.6 Å². The van der Waals surface area contributed by atoms with Crippen LogP contribution in [-0.4, -0.2) is 181 Å². The Hall–Kier alpha value is -6.03. The second-order valence-corrected chi connectivity index (χ2v) is 15.1. The van der Waals surface area contributed by atoms with Crippen molar-refractivity contribution in [2.75, 3.05) is 19.8 Å². The molecule has 27 nitrogen and oxygen atoms in total. The average Bonchev–Trinajstić information content (AvgIpc) is 3.18. The summed E-state index contributed by atoms with van der Waals surface area (Å²) < 4.78 is 0. The maximum absolute atomic E-state index is 13.5. The van der Waals surface area contributed by atoms with Gasteiger partial charge in [0.25, 0.3) is 0 Å². The number of amides is 8. The van der Waals surface area contributed by atoms with Gasteiger partial charge in [-0.2, -0.15) is 0 Å². The van der Waals surface area contributed by atoms with Crippen LogP contribution in [0.15, 0.2) is 0 Å². The molecule has 0 saturated heterocycles. The van der Waals surface area contributed by atoms with Gasteiger partial charge in [0.2, 0.25) is 47.3 Å². The Morgan fingerprint density at radius 2 is 0.905 bits per heavy atom. The van der Waals surface area contributed by atoms with Crippen LogP contribution in [0.3, 0.4) is 0 Å². The third-order valence-electron chi connectivity index (χ3n) is 8.84. The minimum Gasteiger partial charge on any atom is -0.481 e. The molecule has 0 fully saturated rings. The summed E-state index contributed by atoms with van der Waals surface area (Å²) in [7, 11) is 0. The van der Waals surface area contributed by atoms with E-state index in [1.165, 1.54) is 20.8 Å². The summed E-state index contributed by atoms with van der Waals surface area (Å²) in [5.41, 5.74) is 5.42. The zero-order chi connectivity index (χ0) is 48.9. The molecule has 10 atom stereocenters. The minimum atomic E-state index is -2.02. The molecule has 0 heterocycles. The first kappa shape index (κ1) is 57.0. The van der Waals surface area contributed by atoms with Gasteiger partial charge in [-0.25, -0.2) is 4.79 Å². The predicted octanol–water partition coefficient (Wildman–Crippen LogP) is -7.30. The number of carboxylic acids is 3. The maximum Gasteiger partial charge on any atom is 0.326 e. The summed E-state index contributed by atoms with van der Waals surface area (Å²) in [6, 6.07) is -15.0. The van der Waals surface area contributed by atoms with Crippen molar-refractivity contribution < 1.29 is 88.5 Å². The third-order valence-corrected chi connectivity index (χ3v) is 8.84. The topological polar surface area (TPSA) is 452 Å². The fourth-order valence-corrected chi connectivity index (χ4v) is 5.28. The first-order valence-electron chi connectivity index (χ1n) is 19.6. The van der Waals surface area contributed by atoms with Gasteiger partial charge >= 0.3 is 17.9 Å². The van der Waals surface area contributed by atoms with Crippen LogP contribution in [0, 0.1) is 11.8 Å². The Kier molecular flexibility index (Phi) is 25.2. The Labute approximate surface area is 361 Å². The van der Waals surface area contributed by atoms with Crippen molar-refractivity contribution >= 4 is 65.2 Å². The van der Waals surface area contributed by atoms with Crippen molar-refractivity contribution in [3.05, 3.63) is 0 Å². The van der Waals surface area contributed by atoms with E-state index in [0.717, 1.165) is 6.92 Å². The number of hydrogen-bond donors (Lipinski definition) is 16. The van der Waals surface area contributed by atoms with Crippen LogP contribution in [-0.2, 0) is 52.7 Å². The van der Waals surface area contributed by atoms with Crippen LogP contribution in [0.25, 0.3) is 0 Å². The van der Waals surface area contributed by atoms with Crippen LogP contribution < -0.4 is 48.3 Å². The second kappa shape index (κ2) is 27.8. The molecule has 0 radical (unpaired) electrons. The Morgan fingerprint density at radius 1 is 0.476 bits per heavy atom. The number of aliphatic carboxylic acids is 3. The van der Waals surface area contributed by atoms with Crippen molar-refractivity contribution in [2.45, 2.75) is 128 Å². The Bertz CT molecular complexity index is 1640. The Balaban J connectivity index is 6.06. The molecule has 0 bridgehead atoms. The zero-order valence-corrected chi connectivity index (χ0v) is 35.6. The second-order valence-electron chi connectivity index (χ2n) is 15.1. The highest BCUT2D eigenvalue weighted by molar-refractivity contribution is 5.99.